The highest BCUT2D eigenvalue weighted by Gasteiger charge is 2.30. The van der Waals surface area contributed by atoms with E-state index in [0.29, 0.717) is 17.0 Å². The van der Waals surface area contributed by atoms with E-state index >= 15 is 0 Å². The predicted molar refractivity (Wildman–Crippen MR) is 136 cm³/mol. The topological polar surface area (TPSA) is 73.9 Å². The van der Waals surface area contributed by atoms with Gasteiger partial charge in [-0.05, 0) is 56.0 Å². The molecule has 1 aliphatic carbocycles. The van der Waals surface area contributed by atoms with Gasteiger partial charge in [0.15, 0.2) is 0 Å². The molecule has 0 fully saturated rings. The van der Waals surface area contributed by atoms with Crippen LogP contribution in [0.3, 0.4) is 0 Å². The highest BCUT2D eigenvalue weighted by molar-refractivity contribution is 5.89. The van der Waals surface area contributed by atoms with E-state index in [1.54, 1.807) is 25.1 Å². The first-order valence-corrected chi connectivity index (χ1v) is 11.7. The Hall–Kier alpha value is -3.80. The number of carbonyl (C=O) groups excluding carboxylic acids is 2. The Balaban J connectivity index is 1.48. The molecule has 1 N–H and O–H groups in total. The lowest BCUT2D eigenvalue weighted by Gasteiger charge is -2.24. The van der Waals surface area contributed by atoms with Crippen molar-refractivity contribution in [2.45, 2.75) is 45.1 Å². The van der Waals surface area contributed by atoms with Gasteiger partial charge in [0.1, 0.15) is 18.0 Å². The molecule has 0 saturated carbocycles. The summed E-state index contributed by atoms with van der Waals surface area (Å²) in [6, 6.07) is 21.6. The van der Waals surface area contributed by atoms with Crippen molar-refractivity contribution in [3.05, 3.63) is 83.4 Å². The molecule has 1 aliphatic rings. The number of benzene rings is 3. The van der Waals surface area contributed by atoms with E-state index in [4.69, 9.17) is 14.2 Å². The third kappa shape index (κ3) is 5.16. The zero-order valence-electron chi connectivity index (χ0n) is 20.8. The van der Waals surface area contributed by atoms with Crippen molar-refractivity contribution in [1.82, 2.24) is 0 Å². The molecular formula is C29H31NO5. The molecule has 6 heteroatoms. The standard InChI is InChI=1S/C29H31NO5/c1-18(27(31)35-29(2,3)4)19-15-10-16-25(26(19)33-5)30-28(32)34-17-24-22-13-8-6-11-20(22)21-12-7-9-14-23(21)24/h6-16,18,24H,17H2,1-5H3,(H,30,32). The Morgan fingerprint density at radius 3 is 2.09 bits per heavy atom. The smallest absolute Gasteiger partial charge is 0.411 e. The van der Waals surface area contributed by atoms with Crippen molar-refractivity contribution < 1.29 is 23.8 Å². The van der Waals surface area contributed by atoms with Crippen molar-refractivity contribution in [2.24, 2.45) is 0 Å². The SMILES string of the molecule is COc1c(NC(=O)OCC2c3ccccc3-c3ccccc32)cccc1C(C)C(=O)OC(C)(C)C. The van der Waals surface area contributed by atoms with Gasteiger partial charge in [-0.1, -0.05) is 60.7 Å². The molecule has 0 heterocycles. The molecule has 6 nitrogen and oxygen atoms in total. The van der Waals surface area contributed by atoms with Crippen LogP contribution in [0.25, 0.3) is 11.1 Å². The summed E-state index contributed by atoms with van der Waals surface area (Å²) in [7, 11) is 1.50. The summed E-state index contributed by atoms with van der Waals surface area (Å²) in [5.41, 5.74) is 5.08. The molecule has 1 amide bonds. The maximum Gasteiger partial charge on any atom is 0.411 e. The van der Waals surface area contributed by atoms with Crippen LogP contribution in [0, 0.1) is 0 Å². The quantitative estimate of drug-likeness (QED) is 0.414. The predicted octanol–water partition coefficient (Wildman–Crippen LogP) is 6.50. The molecule has 182 valence electrons. The van der Waals surface area contributed by atoms with Crippen molar-refractivity contribution >= 4 is 17.7 Å². The van der Waals surface area contributed by atoms with Crippen LogP contribution in [0.5, 0.6) is 5.75 Å². The maximum absolute atomic E-state index is 12.8. The van der Waals surface area contributed by atoms with Crippen LogP contribution < -0.4 is 10.1 Å². The second-order valence-electron chi connectivity index (χ2n) is 9.63. The van der Waals surface area contributed by atoms with Crippen LogP contribution in [0.1, 0.15) is 56.2 Å². The Morgan fingerprint density at radius 2 is 1.51 bits per heavy atom. The number of rotatable bonds is 6. The van der Waals surface area contributed by atoms with Crippen LogP contribution in [0.4, 0.5) is 10.5 Å². The monoisotopic (exact) mass is 473 g/mol. The van der Waals surface area contributed by atoms with Crippen molar-refractivity contribution in [3.8, 4) is 16.9 Å². The number of amides is 1. The molecular weight excluding hydrogens is 442 g/mol. The summed E-state index contributed by atoms with van der Waals surface area (Å²) in [6.07, 6.45) is -0.591. The number of hydrogen-bond acceptors (Lipinski definition) is 5. The van der Waals surface area contributed by atoms with Crippen LogP contribution in [-0.2, 0) is 14.3 Å². The largest absolute Gasteiger partial charge is 0.494 e. The molecule has 35 heavy (non-hydrogen) atoms. The number of anilines is 1. The highest BCUT2D eigenvalue weighted by Crippen LogP contribution is 2.44. The van der Waals surface area contributed by atoms with Gasteiger partial charge in [-0.15, -0.1) is 0 Å². The number of hydrogen-bond donors (Lipinski definition) is 1. The molecule has 0 saturated heterocycles. The van der Waals surface area contributed by atoms with Gasteiger partial charge < -0.3 is 14.2 Å². The molecule has 0 aliphatic heterocycles. The highest BCUT2D eigenvalue weighted by atomic mass is 16.6. The summed E-state index contributed by atoms with van der Waals surface area (Å²) < 4.78 is 16.8. The normalized spacial score (nSPS) is 13.4. The first-order chi connectivity index (χ1) is 16.7. The summed E-state index contributed by atoms with van der Waals surface area (Å²) in [5.74, 6) is -0.574. The van der Waals surface area contributed by atoms with Gasteiger partial charge in [0.2, 0.25) is 0 Å². The fourth-order valence-electron chi connectivity index (χ4n) is 4.48. The van der Waals surface area contributed by atoms with E-state index in [1.807, 2.05) is 45.0 Å². The van der Waals surface area contributed by atoms with Gasteiger partial charge >= 0.3 is 12.1 Å². The molecule has 1 unspecified atom stereocenters. The Kier molecular flexibility index (Phi) is 6.83. The van der Waals surface area contributed by atoms with Gasteiger partial charge in [-0.25, -0.2) is 4.79 Å². The summed E-state index contributed by atoms with van der Waals surface area (Å²) in [5, 5.41) is 2.78. The number of para-hydroxylation sites is 1. The van der Waals surface area contributed by atoms with E-state index in [0.717, 1.165) is 11.1 Å². The fraction of sp³-hybridized carbons (Fsp3) is 0.310. The van der Waals surface area contributed by atoms with Crippen LogP contribution in [-0.4, -0.2) is 31.4 Å². The van der Waals surface area contributed by atoms with E-state index < -0.39 is 17.6 Å². The first kappa shape index (κ1) is 24.3. The molecule has 0 radical (unpaired) electrons. The van der Waals surface area contributed by atoms with E-state index in [-0.39, 0.29) is 18.5 Å². The van der Waals surface area contributed by atoms with Gasteiger partial charge in [-0.2, -0.15) is 0 Å². The number of methoxy groups -OCH3 is 1. The van der Waals surface area contributed by atoms with Gasteiger partial charge in [0.05, 0.1) is 18.7 Å². The van der Waals surface area contributed by atoms with Crippen LogP contribution in [0.15, 0.2) is 66.7 Å². The van der Waals surface area contributed by atoms with E-state index in [1.165, 1.54) is 18.2 Å². The molecule has 3 aromatic carbocycles. The Bertz CT molecular complexity index is 1200. The fourth-order valence-corrected chi connectivity index (χ4v) is 4.48. The summed E-state index contributed by atoms with van der Waals surface area (Å²) in [6.45, 7) is 7.43. The second kappa shape index (κ2) is 9.82. The molecule has 4 rings (SSSR count). The minimum Gasteiger partial charge on any atom is -0.494 e. The van der Waals surface area contributed by atoms with E-state index in [9.17, 15) is 9.59 Å². The van der Waals surface area contributed by atoms with Crippen molar-refractivity contribution in [2.75, 3.05) is 19.0 Å². The van der Waals surface area contributed by atoms with Crippen molar-refractivity contribution in [3.63, 3.8) is 0 Å². The first-order valence-electron chi connectivity index (χ1n) is 11.7. The summed E-state index contributed by atoms with van der Waals surface area (Å²) in [4.78, 5) is 25.4. The van der Waals surface area contributed by atoms with Crippen molar-refractivity contribution in [1.29, 1.82) is 0 Å². The van der Waals surface area contributed by atoms with Gasteiger partial charge in [-0.3, -0.25) is 10.1 Å². The van der Waals surface area contributed by atoms with Gasteiger partial charge in [0.25, 0.3) is 0 Å². The summed E-state index contributed by atoms with van der Waals surface area (Å²) >= 11 is 0. The zero-order valence-corrected chi connectivity index (χ0v) is 20.8. The van der Waals surface area contributed by atoms with Gasteiger partial charge in [0, 0.05) is 11.5 Å². The Labute approximate surface area is 206 Å². The minimum absolute atomic E-state index is 0.0337. The average molecular weight is 474 g/mol. The average Bonchev–Trinajstić information content (AvgIpc) is 3.15. The number of fused-ring (bicyclic) bond motifs is 3. The second-order valence-corrected chi connectivity index (χ2v) is 9.63. The lowest BCUT2D eigenvalue weighted by Crippen LogP contribution is -2.27. The number of esters is 1. The minimum atomic E-state index is -0.601. The van der Waals surface area contributed by atoms with E-state index in [2.05, 4.69) is 29.6 Å². The molecule has 0 bridgehead atoms. The Morgan fingerprint density at radius 1 is 0.914 bits per heavy atom. The molecule has 0 spiro atoms. The molecule has 3 aromatic rings. The number of nitrogens with one attached hydrogen (secondary N) is 1. The van der Waals surface area contributed by atoms with Crippen LogP contribution in [0.2, 0.25) is 0 Å². The lowest BCUT2D eigenvalue weighted by atomic mass is 9.98. The maximum atomic E-state index is 12.8. The molecule has 1 atom stereocenters. The van der Waals surface area contributed by atoms with Crippen LogP contribution >= 0.6 is 0 Å². The lowest BCUT2D eigenvalue weighted by molar-refractivity contribution is -0.156. The third-order valence-corrected chi connectivity index (χ3v) is 6.06. The zero-order chi connectivity index (χ0) is 25.2. The number of carbonyl (C=O) groups is 2. The molecule has 0 aromatic heterocycles. The third-order valence-electron chi connectivity index (χ3n) is 6.06. The number of ether oxygens (including phenoxy) is 3.